The lowest BCUT2D eigenvalue weighted by molar-refractivity contribution is -0.714. The van der Waals surface area contributed by atoms with Gasteiger partial charge in [-0.15, -0.1) is 4.68 Å². The Bertz CT molecular complexity index is 1410. The summed E-state index contributed by atoms with van der Waals surface area (Å²) in [5, 5.41) is 17.6. The van der Waals surface area contributed by atoms with E-state index in [0.717, 1.165) is 36.4 Å². The molecule has 2 aromatic heterocycles. The minimum atomic E-state index is -5.19. The van der Waals surface area contributed by atoms with Gasteiger partial charge in [0.2, 0.25) is 5.78 Å². The van der Waals surface area contributed by atoms with Gasteiger partial charge in [-0.05, 0) is 40.6 Å². The normalized spacial score (nSPS) is 13.4. The number of carboxylic acid groups (broad SMARTS) is 1. The number of carboxylic acids is 1. The molecule has 11 nitrogen and oxygen atoms in total. The summed E-state index contributed by atoms with van der Waals surface area (Å²) >= 11 is 0. The molecule has 0 radical (unpaired) electrons. The number of ether oxygens (including phenoxy) is 2. The Labute approximate surface area is 235 Å². The van der Waals surface area contributed by atoms with Gasteiger partial charge in [-0.25, -0.2) is 0 Å². The number of ketones is 1. The van der Waals surface area contributed by atoms with Gasteiger partial charge in [0.25, 0.3) is 5.88 Å². The highest BCUT2D eigenvalue weighted by Gasteiger charge is 2.30. The number of Topliss-reactive ketones (excluding diaryl/α,β-unsaturated/α-hetero) is 1. The summed E-state index contributed by atoms with van der Waals surface area (Å²) in [4.78, 5) is 24.3. The van der Waals surface area contributed by atoms with Gasteiger partial charge in [-0.1, -0.05) is 39.1 Å². The SMILES string of the molecule is CCC(CC)Oc1ccc2n(n1)c(N)n[n+]2CC(=O)c1cc2c(c(C(C)(C)C)c1)OCCN2C.O=C([O-])C(F)(F)F. The number of anilines is 2. The topological polar surface area (TPSA) is 139 Å². The predicted octanol–water partition coefficient (Wildman–Crippen LogP) is 2.47. The van der Waals surface area contributed by atoms with Crippen LogP contribution >= 0.6 is 0 Å². The zero-order valence-corrected chi connectivity index (χ0v) is 23.9. The zero-order chi connectivity index (χ0) is 30.7. The first kappa shape index (κ1) is 31.4. The number of likely N-dealkylation sites (N-methyl/N-ethyl adjacent to an activating group) is 1. The quantitative estimate of drug-likeness (QED) is 0.330. The summed E-state index contributed by atoms with van der Waals surface area (Å²) in [5.41, 5.74) is 9.15. The Morgan fingerprint density at radius 2 is 1.83 bits per heavy atom. The molecular formula is C27H35F3N6O5. The summed E-state index contributed by atoms with van der Waals surface area (Å²) in [5.74, 6) is -1.53. The first-order valence-corrected chi connectivity index (χ1v) is 13.1. The van der Waals surface area contributed by atoms with Gasteiger partial charge < -0.3 is 30.0 Å². The monoisotopic (exact) mass is 580 g/mol. The second-order valence-electron chi connectivity index (χ2n) is 10.6. The van der Waals surface area contributed by atoms with E-state index in [-0.39, 0.29) is 29.8 Å². The lowest BCUT2D eigenvalue weighted by atomic mass is 9.84. The summed E-state index contributed by atoms with van der Waals surface area (Å²) < 4.78 is 46.6. The molecule has 1 aliphatic rings. The molecule has 1 aliphatic heterocycles. The van der Waals surface area contributed by atoms with Crippen LogP contribution in [0.15, 0.2) is 24.3 Å². The molecular weight excluding hydrogens is 545 g/mol. The molecule has 4 rings (SSSR count). The second kappa shape index (κ2) is 12.2. The Morgan fingerprint density at radius 3 is 2.39 bits per heavy atom. The standard InChI is InChI=1S/C25H35N6O3.C2HF3O2/c1-7-17(8-2)34-21-9-10-22-30(28-24(26)31(22)27-21)15-20(32)16-13-18(25(3,4)5)23-19(14-16)29(6)11-12-33-23;3-2(4,5)1(6)7/h9-10,13-14,17H,7-8,11-12,15H2,1-6H3,(H2,26,28);(H,6,7)/q+1;/p-1. The number of benzene rings is 1. The molecule has 3 aromatic rings. The number of aliphatic carboxylic acids is 1. The summed E-state index contributed by atoms with van der Waals surface area (Å²) in [6.45, 7) is 12.0. The molecule has 0 fully saturated rings. The highest BCUT2D eigenvalue weighted by atomic mass is 19.4. The predicted molar refractivity (Wildman–Crippen MR) is 142 cm³/mol. The van der Waals surface area contributed by atoms with Crippen molar-refractivity contribution < 1.29 is 42.0 Å². The number of nitrogens with two attached hydrogens (primary N) is 1. The van der Waals surface area contributed by atoms with E-state index in [9.17, 15) is 18.0 Å². The van der Waals surface area contributed by atoms with Gasteiger partial charge in [0.15, 0.2) is 6.54 Å². The van der Waals surface area contributed by atoms with Crippen molar-refractivity contribution in [3.63, 3.8) is 0 Å². The van der Waals surface area contributed by atoms with Crippen molar-refractivity contribution in [2.45, 2.75) is 71.7 Å². The molecule has 224 valence electrons. The smallest absolute Gasteiger partial charge is 0.430 e. The molecule has 0 saturated heterocycles. The highest BCUT2D eigenvalue weighted by molar-refractivity contribution is 5.97. The third-order valence-corrected chi connectivity index (χ3v) is 6.50. The van der Waals surface area contributed by atoms with E-state index in [1.165, 1.54) is 4.52 Å². The zero-order valence-electron chi connectivity index (χ0n) is 23.9. The molecule has 0 bridgehead atoms. The van der Waals surface area contributed by atoms with Gasteiger partial charge in [0.1, 0.15) is 24.4 Å². The summed E-state index contributed by atoms with van der Waals surface area (Å²) in [7, 11) is 2.02. The maximum atomic E-state index is 13.4. The fraction of sp³-hybridized carbons (Fsp3) is 0.519. The minimum absolute atomic E-state index is 0.0437. The average Bonchev–Trinajstić information content (AvgIpc) is 3.20. The molecule has 0 amide bonds. The van der Waals surface area contributed by atoms with Crippen molar-refractivity contribution in [3.05, 3.63) is 35.4 Å². The number of alkyl halides is 3. The van der Waals surface area contributed by atoms with E-state index in [4.69, 9.17) is 25.1 Å². The lowest BCUT2D eigenvalue weighted by Gasteiger charge is -2.33. The van der Waals surface area contributed by atoms with Gasteiger partial charge in [-0.3, -0.25) is 4.79 Å². The molecule has 2 N–H and O–H groups in total. The van der Waals surface area contributed by atoms with Gasteiger partial charge in [0, 0.05) is 30.3 Å². The van der Waals surface area contributed by atoms with Crippen LogP contribution in [0, 0.1) is 0 Å². The Kier molecular flexibility index (Phi) is 9.34. The van der Waals surface area contributed by atoms with E-state index in [2.05, 4.69) is 49.7 Å². The largest absolute Gasteiger partial charge is 0.542 e. The van der Waals surface area contributed by atoms with Crippen molar-refractivity contribution in [1.29, 1.82) is 0 Å². The van der Waals surface area contributed by atoms with Crippen molar-refractivity contribution in [1.82, 2.24) is 14.7 Å². The van der Waals surface area contributed by atoms with Crippen LogP contribution in [0.3, 0.4) is 0 Å². The van der Waals surface area contributed by atoms with Gasteiger partial charge >= 0.3 is 17.8 Å². The number of hydrogen-bond acceptors (Lipinski definition) is 9. The second-order valence-corrected chi connectivity index (χ2v) is 10.6. The van der Waals surface area contributed by atoms with E-state index >= 15 is 0 Å². The number of nitrogen functional groups attached to an aromatic ring is 1. The van der Waals surface area contributed by atoms with Crippen LogP contribution in [-0.2, 0) is 16.8 Å². The third kappa shape index (κ3) is 7.35. The van der Waals surface area contributed by atoms with Crippen LogP contribution in [0.25, 0.3) is 5.65 Å². The molecule has 0 saturated carbocycles. The number of carbonyl (C=O) groups excluding carboxylic acids is 2. The van der Waals surface area contributed by atoms with Crippen LogP contribution < -0.4 is 29.9 Å². The van der Waals surface area contributed by atoms with Crippen molar-refractivity contribution in [2.75, 3.05) is 30.8 Å². The van der Waals surface area contributed by atoms with Crippen LogP contribution in [0.5, 0.6) is 11.6 Å². The van der Waals surface area contributed by atoms with Crippen molar-refractivity contribution >= 4 is 29.0 Å². The number of rotatable bonds is 7. The van der Waals surface area contributed by atoms with Crippen LogP contribution in [0.4, 0.5) is 24.8 Å². The fourth-order valence-corrected chi connectivity index (χ4v) is 4.19. The fourth-order valence-electron chi connectivity index (χ4n) is 4.19. The van der Waals surface area contributed by atoms with Crippen LogP contribution in [0.2, 0.25) is 0 Å². The number of nitrogens with zero attached hydrogens (tertiary/aromatic N) is 5. The molecule has 41 heavy (non-hydrogen) atoms. The van der Waals surface area contributed by atoms with E-state index < -0.39 is 12.1 Å². The van der Waals surface area contributed by atoms with Crippen molar-refractivity contribution in [2.24, 2.45) is 0 Å². The highest BCUT2D eigenvalue weighted by Crippen LogP contribution is 2.41. The minimum Gasteiger partial charge on any atom is -0.542 e. The number of fused-ring (bicyclic) bond motifs is 2. The number of halogens is 3. The van der Waals surface area contributed by atoms with Gasteiger partial charge in [0.05, 0.1) is 12.2 Å². The lowest BCUT2D eigenvalue weighted by Crippen LogP contribution is -2.40. The van der Waals surface area contributed by atoms with Crippen molar-refractivity contribution in [3.8, 4) is 11.6 Å². The number of carbonyl (C=O) groups is 2. The first-order chi connectivity index (χ1) is 19.1. The van der Waals surface area contributed by atoms with Crippen LogP contribution in [-0.4, -0.2) is 58.9 Å². The van der Waals surface area contributed by atoms with E-state index in [1.54, 1.807) is 10.7 Å². The molecule has 3 heterocycles. The first-order valence-electron chi connectivity index (χ1n) is 13.1. The van der Waals surface area contributed by atoms with E-state index in [1.807, 2.05) is 25.2 Å². The number of hydrogen-bond donors (Lipinski definition) is 1. The Hall–Kier alpha value is -4.10. The van der Waals surface area contributed by atoms with E-state index in [0.29, 0.717) is 23.7 Å². The molecule has 0 atom stereocenters. The summed E-state index contributed by atoms with van der Waals surface area (Å²) in [6, 6.07) is 7.48. The average molecular weight is 581 g/mol. The molecule has 0 spiro atoms. The Balaban J connectivity index is 0.000000587. The van der Waals surface area contributed by atoms with Crippen LogP contribution in [0.1, 0.15) is 63.4 Å². The summed E-state index contributed by atoms with van der Waals surface area (Å²) in [6.07, 6.45) is -3.32. The number of aromatic nitrogens is 4. The molecule has 0 aliphatic carbocycles. The molecule has 1 aromatic carbocycles. The molecule has 0 unspecified atom stereocenters. The maximum Gasteiger partial charge on any atom is 0.430 e. The third-order valence-electron chi connectivity index (χ3n) is 6.50. The molecule has 14 heteroatoms. The Morgan fingerprint density at radius 1 is 1.20 bits per heavy atom. The maximum absolute atomic E-state index is 13.4. The van der Waals surface area contributed by atoms with Gasteiger partial charge in [-0.2, -0.15) is 13.2 Å².